The van der Waals surface area contributed by atoms with Crippen LogP contribution in [-0.4, -0.2) is 8.86 Å². The van der Waals surface area contributed by atoms with Crippen molar-refractivity contribution in [3.63, 3.8) is 0 Å². The van der Waals surface area contributed by atoms with Crippen LogP contribution in [0.5, 0.6) is 0 Å². The third kappa shape index (κ3) is 5.17. The molecule has 1 heteroatoms. The standard InChI is InChI=1S/C24H44I/c1-23-16-15-22(25-2)12-10-8-6-4-3-5-7-9-11-21-13-17-24(23,18-14-21)20-19-23/h21-22H,3-20H2,1-2H3/q-1. The van der Waals surface area contributed by atoms with E-state index in [1.165, 1.54) is 51.4 Å². The zero-order chi connectivity index (χ0) is 17.6. The fourth-order valence-corrected chi connectivity index (χ4v) is 8.36. The molecule has 0 N–H and O–H groups in total. The molecule has 2 unspecified atom stereocenters. The third-order valence-electron chi connectivity index (χ3n) is 8.70. The van der Waals surface area contributed by atoms with Crippen LogP contribution < -0.4 is 21.2 Å². The molecule has 2 bridgehead atoms. The summed E-state index contributed by atoms with van der Waals surface area (Å²) in [6, 6.07) is 0. The van der Waals surface area contributed by atoms with Crippen LogP contribution in [0.3, 0.4) is 0 Å². The Morgan fingerprint density at radius 1 is 0.600 bits per heavy atom. The summed E-state index contributed by atoms with van der Waals surface area (Å²) in [6.45, 7) is 2.69. The molecule has 0 radical (unpaired) electrons. The van der Waals surface area contributed by atoms with Gasteiger partial charge in [-0.1, -0.05) is 0 Å². The van der Waals surface area contributed by atoms with E-state index in [1.54, 1.807) is 64.2 Å². The monoisotopic (exact) mass is 459 g/mol. The van der Waals surface area contributed by atoms with Crippen molar-refractivity contribution >= 4 is 0 Å². The van der Waals surface area contributed by atoms with E-state index in [9.17, 15) is 0 Å². The molecule has 25 heavy (non-hydrogen) atoms. The average Bonchev–Trinajstić information content (AvgIpc) is 2.64. The molecule has 4 rings (SSSR count). The molecule has 0 aromatic carbocycles. The number of alkyl halides is 2. The Balaban J connectivity index is 1.57. The Hall–Kier alpha value is 0.730. The van der Waals surface area contributed by atoms with Gasteiger partial charge in [0.25, 0.3) is 0 Å². The SMILES string of the molecule is C[I-]C1CCCCCCCCCCC2CCC3(CC2)CCC3(C)CC1. The zero-order valence-corrected chi connectivity index (χ0v) is 19.4. The Bertz CT molecular complexity index is 382. The second-order valence-electron chi connectivity index (χ2n) is 10.0. The second kappa shape index (κ2) is 9.78. The normalized spacial score (nSPS) is 42.2. The first-order valence-electron chi connectivity index (χ1n) is 11.7. The van der Waals surface area contributed by atoms with Crippen LogP contribution in [0.15, 0.2) is 0 Å². The van der Waals surface area contributed by atoms with Gasteiger partial charge < -0.3 is 0 Å². The summed E-state index contributed by atoms with van der Waals surface area (Å²) < 4.78 is 1.13. The Labute approximate surface area is 169 Å². The number of fused-ring (bicyclic) bond motifs is 14. The van der Waals surface area contributed by atoms with E-state index >= 15 is 0 Å². The van der Waals surface area contributed by atoms with E-state index in [0.717, 1.165) is 20.7 Å². The molecular weight excluding hydrogens is 415 g/mol. The van der Waals surface area contributed by atoms with Crippen LogP contribution in [-0.2, 0) is 0 Å². The number of hydrogen-bond acceptors (Lipinski definition) is 0. The van der Waals surface area contributed by atoms with E-state index in [-0.39, 0.29) is 0 Å². The Morgan fingerprint density at radius 3 is 1.76 bits per heavy atom. The van der Waals surface area contributed by atoms with Crippen LogP contribution in [0.25, 0.3) is 0 Å². The predicted molar refractivity (Wildman–Crippen MR) is 107 cm³/mol. The molecule has 4 aliphatic carbocycles. The van der Waals surface area contributed by atoms with Gasteiger partial charge in [0.15, 0.2) is 0 Å². The van der Waals surface area contributed by atoms with E-state index in [1.807, 2.05) is 0 Å². The van der Waals surface area contributed by atoms with Crippen LogP contribution in [0, 0.1) is 16.7 Å². The van der Waals surface area contributed by atoms with Gasteiger partial charge in [-0.3, -0.25) is 0 Å². The summed E-state index contributed by atoms with van der Waals surface area (Å²) in [5, 5.41) is 0. The van der Waals surface area contributed by atoms with Crippen LogP contribution >= 0.6 is 0 Å². The summed E-state index contributed by atoms with van der Waals surface area (Å²) >= 11 is 0.445. The number of halogens is 1. The van der Waals surface area contributed by atoms with Crippen molar-refractivity contribution < 1.29 is 21.2 Å². The van der Waals surface area contributed by atoms with Crippen LogP contribution in [0.2, 0.25) is 0 Å². The van der Waals surface area contributed by atoms with Gasteiger partial charge in [-0.05, 0) is 0 Å². The fourth-order valence-electron chi connectivity index (χ4n) is 6.37. The maximum atomic E-state index is 2.69. The Morgan fingerprint density at radius 2 is 1.20 bits per heavy atom. The molecule has 1 spiro atoms. The van der Waals surface area contributed by atoms with Gasteiger partial charge in [-0.25, -0.2) is 0 Å². The van der Waals surface area contributed by atoms with Gasteiger partial charge in [-0.15, -0.1) is 0 Å². The van der Waals surface area contributed by atoms with Crippen LogP contribution in [0.1, 0.15) is 122 Å². The molecule has 148 valence electrons. The molecule has 0 saturated heterocycles. The van der Waals surface area contributed by atoms with Crippen molar-refractivity contribution in [3.05, 3.63) is 0 Å². The predicted octanol–water partition coefficient (Wildman–Crippen LogP) is 4.75. The molecule has 4 fully saturated rings. The van der Waals surface area contributed by atoms with Gasteiger partial charge in [0.1, 0.15) is 0 Å². The molecule has 4 aliphatic rings. The van der Waals surface area contributed by atoms with Crippen molar-refractivity contribution in [1.29, 1.82) is 0 Å². The first-order valence-corrected chi connectivity index (χ1v) is 15.1. The third-order valence-corrected chi connectivity index (χ3v) is 11.7. The molecule has 0 aliphatic heterocycles. The zero-order valence-electron chi connectivity index (χ0n) is 17.3. The van der Waals surface area contributed by atoms with E-state index in [2.05, 4.69) is 11.9 Å². The average molecular weight is 460 g/mol. The van der Waals surface area contributed by atoms with Gasteiger partial charge in [-0.2, -0.15) is 0 Å². The van der Waals surface area contributed by atoms with Crippen molar-refractivity contribution in [2.24, 2.45) is 16.7 Å². The van der Waals surface area contributed by atoms with E-state index in [0.29, 0.717) is 21.2 Å². The van der Waals surface area contributed by atoms with E-state index < -0.39 is 0 Å². The summed E-state index contributed by atoms with van der Waals surface area (Å²) in [7, 11) is 0. The van der Waals surface area contributed by atoms with Gasteiger partial charge in [0, 0.05) is 0 Å². The molecule has 0 nitrogen and oxygen atoms in total. The molecule has 0 aromatic rings. The van der Waals surface area contributed by atoms with E-state index in [4.69, 9.17) is 0 Å². The second-order valence-corrected chi connectivity index (χ2v) is 13.1. The minimum absolute atomic E-state index is 0.445. The van der Waals surface area contributed by atoms with Crippen molar-refractivity contribution in [3.8, 4) is 0 Å². The number of rotatable bonds is 1. The fraction of sp³-hybridized carbons (Fsp3) is 1.00. The molecule has 2 atom stereocenters. The molecule has 0 amide bonds. The van der Waals surface area contributed by atoms with Crippen molar-refractivity contribution in [1.82, 2.24) is 0 Å². The summed E-state index contributed by atoms with van der Waals surface area (Å²) in [4.78, 5) is 2.56. The summed E-state index contributed by atoms with van der Waals surface area (Å²) in [6.07, 6.45) is 27.8. The first kappa shape index (κ1) is 20.5. The summed E-state index contributed by atoms with van der Waals surface area (Å²) in [5.41, 5.74) is 1.51. The van der Waals surface area contributed by atoms with Crippen LogP contribution in [0.4, 0.5) is 0 Å². The minimum atomic E-state index is 0.445. The molecular formula is C24H44I-. The molecule has 0 heterocycles. The Kier molecular flexibility index (Phi) is 8.01. The molecule has 0 aromatic heterocycles. The number of hydrogen-bond donors (Lipinski definition) is 0. The molecule has 4 saturated carbocycles. The quantitative estimate of drug-likeness (QED) is 0.392. The topological polar surface area (TPSA) is 0 Å². The van der Waals surface area contributed by atoms with Gasteiger partial charge in [0.05, 0.1) is 0 Å². The van der Waals surface area contributed by atoms with Crippen molar-refractivity contribution in [2.45, 2.75) is 126 Å². The van der Waals surface area contributed by atoms with Gasteiger partial charge >= 0.3 is 169 Å². The first-order chi connectivity index (χ1) is 12.2. The van der Waals surface area contributed by atoms with Crippen molar-refractivity contribution in [2.75, 3.05) is 4.93 Å². The van der Waals surface area contributed by atoms with Gasteiger partial charge in [0.2, 0.25) is 0 Å². The summed E-state index contributed by atoms with van der Waals surface area (Å²) in [5.74, 6) is 1.09. The maximum absolute atomic E-state index is 2.69.